The number of aliphatic hydroxyl groups is 1. The molecule has 106 valence electrons. The molecule has 2 aromatic rings. The average Bonchev–Trinajstić information content (AvgIpc) is 2.53. The van der Waals surface area contributed by atoms with E-state index in [1.54, 1.807) is 36.4 Å². The van der Waals surface area contributed by atoms with E-state index in [1.807, 2.05) is 18.2 Å². The van der Waals surface area contributed by atoms with Crippen LogP contribution >= 0.6 is 11.8 Å². The Balaban J connectivity index is 2.23. The molecule has 2 N–H and O–H groups in total. The third-order valence-electron chi connectivity index (χ3n) is 2.86. The van der Waals surface area contributed by atoms with Crippen LogP contribution in [0.4, 0.5) is 5.69 Å². The predicted molar refractivity (Wildman–Crippen MR) is 83.1 cm³/mol. The van der Waals surface area contributed by atoms with E-state index in [2.05, 4.69) is 5.32 Å². The fourth-order valence-electron chi connectivity index (χ4n) is 1.86. The minimum absolute atomic E-state index is 0.138. The van der Waals surface area contributed by atoms with Crippen molar-refractivity contribution in [2.24, 2.45) is 0 Å². The van der Waals surface area contributed by atoms with E-state index in [1.165, 1.54) is 11.8 Å². The lowest BCUT2D eigenvalue weighted by Crippen LogP contribution is -2.14. The molecular formula is C16H14N2O2S. The smallest absolute Gasteiger partial charge is 0.256 e. The number of thioether (sulfide) groups is 1. The Morgan fingerprint density at radius 2 is 1.90 bits per heavy atom. The Hall–Kier alpha value is -2.29. The van der Waals surface area contributed by atoms with Gasteiger partial charge in [-0.2, -0.15) is 5.26 Å². The molecule has 2 aromatic carbocycles. The number of para-hydroxylation sites is 1. The molecule has 0 unspecified atom stereocenters. The Labute approximate surface area is 127 Å². The molecular weight excluding hydrogens is 284 g/mol. The molecule has 0 aliphatic heterocycles. The Morgan fingerprint density at radius 1 is 1.19 bits per heavy atom. The van der Waals surface area contributed by atoms with Gasteiger partial charge in [-0.1, -0.05) is 30.3 Å². The summed E-state index contributed by atoms with van der Waals surface area (Å²) in [5.74, 6) is 0.0364. The summed E-state index contributed by atoms with van der Waals surface area (Å²) in [6.07, 6.45) is 0. The molecule has 0 fully saturated rings. The molecule has 4 nitrogen and oxygen atoms in total. The van der Waals surface area contributed by atoms with Gasteiger partial charge >= 0.3 is 0 Å². The molecule has 0 aliphatic rings. The summed E-state index contributed by atoms with van der Waals surface area (Å²) in [4.78, 5) is 13.1. The number of hydrogen-bond donors (Lipinski definition) is 2. The largest absolute Gasteiger partial charge is 0.392 e. The van der Waals surface area contributed by atoms with Crippen LogP contribution in [0.25, 0.3) is 0 Å². The van der Waals surface area contributed by atoms with Crippen molar-refractivity contribution in [2.45, 2.75) is 11.5 Å². The predicted octanol–water partition coefficient (Wildman–Crippen LogP) is 3.05. The highest BCUT2D eigenvalue weighted by Gasteiger charge is 2.12. The number of nitrogens with zero attached hydrogens (tertiary/aromatic N) is 1. The maximum Gasteiger partial charge on any atom is 0.256 e. The first-order chi connectivity index (χ1) is 10.3. The number of carbonyl (C=O) groups is 1. The van der Waals surface area contributed by atoms with E-state index < -0.39 is 0 Å². The number of nitriles is 1. The summed E-state index contributed by atoms with van der Waals surface area (Å²) >= 11 is 1.32. The molecule has 0 spiro atoms. The molecule has 0 atom stereocenters. The summed E-state index contributed by atoms with van der Waals surface area (Å²) in [5.41, 5.74) is 1.77. The van der Waals surface area contributed by atoms with Crippen molar-refractivity contribution in [3.8, 4) is 6.07 Å². The maximum absolute atomic E-state index is 12.4. The molecule has 1 amide bonds. The lowest BCUT2D eigenvalue weighted by molar-refractivity contribution is 0.102. The third kappa shape index (κ3) is 3.85. The van der Waals surface area contributed by atoms with Gasteiger partial charge in [0.1, 0.15) is 0 Å². The Kier molecular flexibility index (Phi) is 5.38. The summed E-state index contributed by atoms with van der Waals surface area (Å²) < 4.78 is 0. The Morgan fingerprint density at radius 3 is 2.67 bits per heavy atom. The zero-order chi connectivity index (χ0) is 15.1. The van der Waals surface area contributed by atoms with Gasteiger partial charge in [-0.25, -0.2) is 0 Å². The van der Waals surface area contributed by atoms with Crippen molar-refractivity contribution in [3.63, 3.8) is 0 Å². The van der Waals surface area contributed by atoms with Gasteiger partial charge in [0, 0.05) is 16.1 Å². The molecule has 0 bridgehead atoms. The van der Waals surface area contributed by atoms with Crippen molar-refractivity contribution < 1.29 is 9.90 Å². The fourth-order valence-corrected chi connectivity index (χ4v) is 2.57. The monoisotopic (exact) mass is 298 g/mol. The van der Waals surface area contributed by atoms with Gasteiger partial charge in [0.2, 0.25) is 0 Å². The van der Waals surface area contributed by atoms with Crippen molar-refractivity contribution in [1.29, 1.82) is 5.26 Å². The van der Waals surface area contributed by atoms with E-state index in [9.17, 15) is 9.90 Å². The molecule has 0 saturated heterocycles. The molecule has 0 aromatic heterocycles. The highest BCUT2D eigenvalue weighted by atomic mass is 32.2. The normalized spacial score (nSPS) is 9.90. The second kappa shape index (κ2) is 7.48. The third-order valence-corrected chi connectivity index (χ3v) is 3.80. The number of amides is 1. The molecule has 5 heteroatoms. The van der Waals surface area contributed by atoms with Crippen LogP contribution in [-0.2, 0) is 6.61 Å². The molecule has 0 aliphatic carbocycles. The lowest BCUT2D eigenvalue weighted by Gasteiger charge is -2.11. The number of nitrogens with one attached hydrogen (secondary N) is 1. The summed E-state index contributed by atoms with van der Waals surface area (Å²) in [6, 6.07) is 16.3. The van der Waals surface area contributed by atoms with E-state index in [0.29, 0.717) is 16.8 Å². The number of aliphatic hydroxyl groups excluding tert-OH is 1. The van der Waals surface area contributed by atoms with Gasteiger partial charge in [-0.3, -0.25) is 4.79 Å². The molecule has 0 heterocycles. The minimum atomic E-state index is -0.253. The van der Waals surface area contributed by atoms with Gasteiger partial charge in [0.15, 0.2) is 0 Å². The summed E-state index contributed by atoms with van der Waals surface area (Å²) in [6.45, 7) is -0.138. The molecule has 2 rings (SSSR count). The van der Waals surface area contributed by atoms with Gasteiger partial charge < -0.3 is 10.4 Å². The first-order valence-corrected chi connectivity index (χ1v) is 7.33. The van der Waals surface area contributed by atoms with Gasteiger partial charge in [-0.05, 0) is 18.2 Å². The van der Waals surface area contributed by atoms with Crippen LogP contribution in [0.3, 0.4) is 0 Å². The van der Waals surface area contributed by atoms with Crippen molar-refractivity contribution >= 4 is 23.4 Å². The SMILES string of the molecule is N#CCSc1ccccc1C(=O)Nc1ccccc1CO. The second-order valence-corrected chi connectivity index (χ2v) is 5.23. The highest BCUT2D eigenvalue weighted by molar-refractivity contribution is 7.99. The van der Waals surface area contributed by atoms with Crippen LogP contribution in [-0.4, -0.2) is 16.8 Å². The van der Waals surface area contributed by atoms with Crippen LogP contribution in [0.2, 0.25) is 0 Å². The minimum Gasteiger partial charge on any atom is -0.392 e. The first-order valence-electron chi connectivity index (χ1n) is 6.35. The number of anilines is 1. The van der Waals surface area contributed by atoms with E-state index in [0.717, 1.165) is 4.90 Å². The molecule has 21 heavy (non-hydrogen) atoms. The Bertz CT molecular complexity index is 680. The topological polar surface area (TPSA) is 73.1 Å². The summed E-state index contributed by atoms with van der Waals surface area (Å²) in [5, 5.41) is 20.7. The van der Waals surface area contributed by atoms with Gasteiger partial charge in [-0.15, -0.1) is 11.8 Å². The molecule has 0 radical (unpaired) electrons. The van der Waals surface area contributed by atoms with Crippen LogP contribution in [0.1, 0.15) is 15.9 Å². The average molecular weight is 298 g/mol. The quantitative estimate of drug-likeness (QED) is 0.832. The number of rotatable bonds is 5. The van der Waals surface area contributed by atoms with Gasteiger partial charge in [0.05, 0.1) is 24.0 Å². The highest BCUT2D eigenvalue weighted by Crippen LogP contribution is 2.24. The summed E-state index contributed by atoms with van der Waals surface area (Å²) in [7, 11) is 0. The standard InChI is InChI=1S/C16H14N2O2S/c17-9-10-21-15-8-4-2-6-13(15)16(20)18-14-7-3-1-5-12(14)11-19/h1-8,19H,10-11H2,(H,18,20). The van der Waals surface area contributed by atoms with Crippen molar-refractivity contribution in [1.82, 2.24) is 0 Å². The van der Waals surface area contributed by atoms with E-state index in [-0.39, 0.29) is 18.3 Å². The lowest BCUT2D eigenvalue weighted by atomic mass is 10.1. The zero-order valence-electron chi connectivity index (χ0n) is 11.2. The number of benzene rings is 2. The number of carbonyl (C=O) groups excluding carboxylic acids is 1. The van der Waals surface area contributed by atoms with Crippen LogP contribution in [0.15, 0.2) is 53.4 Å². The van der Waals surface area contributed by atoms with E-state index >= 15 is 0 Å². The first kappa shape index (κ1) is 15.1. The fraction of sp³-hybridized carbons (Fsp3) is 0.125. The van der Waals surface area contributed by atoms with Gasteiger partial charge in [0.25, 0.3) is 5.91 Å². The van der Waals surface area contributed by atoms with E-state index in [4.69, 9.17) is 5.26 Å². The maximum atomic E-state index is 12.4. The van der Waals surface area contributed by atoms with Crippen molar-refractivity contribution in [3.05, 3.63) is 59.7 Å². The second-order valence-electron chi connectivity index (χ2n) is 4.21. The van der Waals surface area contributed by atoms with Crippen LogP contribution < -0.4 is 5.32 Å². The zero-order valence-corrected chi connectivity index (χ0v) is 12.1. The molecule has 0 saturated carbocycles. The number of hydrogen-bond acceptors (Lipinski definition) is 4. The van der Waals surface area contributed by atoms with Crippen LogP contribution in [0.5, 0.6) is 0 Å². The van der Waals surface area contributed by atoms with Crippen LogP contribution in [0, 0.1) is 11.3 Å². The van der Waals surface area contributed by atoms with Crippen molar-refractivity contribution in [2.75, 3.05) is 11.1 Å².